The van der Waals surface area contributed by atoms with E-state index >= 15 is 0 Å². The zero-order valence-electron chi connectivity index (χ0n) is 14.2. The topological polar surface area (TPSA) is 118 Å². The van der Waals surface area contributed by atoms with Crippen molar-refractivity contribution in [3.8, 4) is 5.75 Å². The van der Waals surface area contributed by atoms with Gasteiger partial charge in [0.15, 0.2) is 5.76 Å². The molecule has 1 heterocycles. The highest BCUT2D eigenvalue weighted by molar-refractivity contribution is 6.05. The number of ether oxygens (including phenoxy) is 1. The van der Waals surface area contributed by atoms with Crippen molar-refractivity contribution >= 4 is 23.9 Å². The molecule has 26 heavy (non-hydrogen) atoms. The highest BCUT2D eigenvalue weighted by atomic mass is 16.5. The molecular weight excluding hydrogens is 340 g/mol. The molecule has 2 rings (SSSR count). The zero-order chi connectivity index (χ0) is 19.1. The van der Waals surface area contributed by atoms with Gasteiger partial charge in [0.25, 0.3) is 11.8 Å². The maximum absolute atomic E-state index is 12.4. The third-order valence-electron chi connectivity index (χ3n) is 3.38. The van der Waals surface area contributed by atoms with Crippen LogP contribution in [-0.4, -0.2) is 36.0 Å². The van der Waals surface area contributed by atoms with Crippen molar-refractivity contribution in [3.63, 3.8) is 0 Å². The zero-order valence-corrected chi connectivity index (χ0v) is 14.2. The minimum absolute atomic E-state index is 0.0183. The number of aliphatic carboxylic acids is 1. The fourth-order valence-electron chi connectivity index (χ4n) is 1.95. The molecule has 2 aromatic rings. The molecule has 0 spiro atoms. The molecule has 0 saturated heterocycles. The second-order valence-electron chi connectivity index (χ2n) is 5.30. The molecular formula is C18H18N2O6. The predicted molar refractivity (Wildman–Crippen MR) is 92.4 cm³/mol. The van der Waals surface area contributed by atoms with Gasteiger partial charge in [0.05, 0.1) is 13.4 Å². The monoisotopic (exact) mass is 358 g/mol. The van der Waals surface area contributed by atoms with Crippen LogP contribution in [0.4, 0.5) is 0 Å². The van der Waals surface area contributed by atoms with Crippen molar-refractivity contribution in [1.82, 2.24) is 10.6 Å². The quantitative estimate of drug-likeness (QED) is 0.648. The first kappa shape index (κ1) is 18.8. The number of carboxylic acid groups (broad SMARTS) is 1. The van der Waals surface area contributed by atoms with Crippen LogP contribution in [0.3, 0.4) is 0 Å². The standard InChI is InChI=1S/C18H18N2O6/c1-11(18(23)24)19-16(21)14(20-17(22)15-4-3-9-26-15)10-12-5-7-13(25-2)8-6-12/h3-11H,1-2H3,(H,19,21)(H,20,22)(H,23,24)/b14-10+/t11-/m0/s1. The number of amides is 2. The summed E-state index contributed by atoms with van der Waals surface area (Å²) in [7, 11) is 1.53. The van der Waals surface area contributed by atoms with Crippen LogP contribution in [0.25, 0.3) is 6.08 Å². The third kappa shape index (κ3) is 4.97. The summed E-state index contributed by atoms with van der Waals surface area (Å²) in [5.74, 6) is -1.92. The van der Waals surface area contributed by atoms with Crippen LogP contribution in [-0.2, 0) is 9.59 Å². The number of furan rings is 1. The van der Waals surface area contributed by atoms with Gasteiger partial charge in [-0.1, -0.05) is 12.1 Å². The van der Waals surface area contributed by atoms with Crippen LogP contribution in [0, 0.1) is 0 Å². The smallest absolute Gasteiger partial charge is 0.325 e. The van der Waals surface area contributed by atoms with Gasteiger partial charge < -0.3 is 24.9 Å². The van der Waals surface area contributed by atoms with Crippen molar-refractivity contribution < 1.29 is 28.6 Å². The van der Waals surface area contributed by atoms with Crippen LogP contribution >= 0.6 is 0 Å². The average Bonchev–Trinajstić information content (AvgIpc) is 3.16. The summed E-state index contributed by atoms with van der Waals surface area (Å²) in [6, 6.07) is 8.61. The van der Waals surface area contributed by atoms with Gasteiger partial charge in [0.2, 0.25) is 0 Å². The molecule has 8 nitrogen and oxygen atoms in total. The number of carbonyl (C=O) groups is 3. The van der Waals surface area contributed by atoms with Crippen LogP contribution < -0.4 is 15.4 Å². The fourth-order valence-corrected chi connectivity index (χ4v) is 1.95. The summed E-state index contributed by atoms with van der Waals surface area (Å²) in [6.07, 6.45) is 2.75. The van der Waals surface area contributed by atoms with Crippen LogP contribution in [0.5, 0.6) is 5.75 Å². The molecule has 3 N–H and O–H groups in total. The van der Waals surface area contributed by atoms with Crippen LogP contribution in [0.1, 0.15) is 23.0 Å². The Morgan fingerprint density at radius 2 is 1.88 bits per heavy atom. The first-order valence-electron chi connectivity index (χ1n) is 7.65. The summed E-state index contributed by atoms with van der Waals surface area (Å²) >= 11 is 0. The van der Waals surface area contributed by atoms with Gasteiger partial charge >= 0.3 is 5.97 Å². The number of carbonyl (C=O) groups excluding carboxylic acids is 2. The number of carboxylic acids is 1. The van der Waals surface area contributed by atoms with E-state index < -0.39 is 23.8 Å². The van der Waals surface area contributed by atoms with E-state index in [4.69, 9.17) is 14.3 Å². The molecule has 2 amide bonds. The molecule has 0 radical (unpaired) electrons. The molecule has 1 atom stereocenters. The molecule has 8 heteroatoms. The number of hydrogen-bond acceptors (Lipinski definition) is 5. The van der Waals surface area contributed by atoms with Crippen LogP contribution in [0.15, 0.2) is 52.8 Å². The van der Waals surface area contributed by atoms with E-state index in [9.17, 15) is 14.4 Å². The Bertz CT molecular complexity index is 809. The summed E-state index contributed by atoms with van der Waals surface area (Å²) in [6.45, 7) is 1.32. The van der Waals surface area contributed by atoms with Gasteiger partial charge in [-0.3, -0.25) is 14.4 Å². The van der Waals surface area contributed by atoms with Gasteiger partial charge in [0, 0.05) is 0 Å². The fraction of sp³-hybridized carbons (Fsp3) is 0.167. The first-order valence-corrected chi connectivity index (χ1v) is 7.65. The lowest BCUT2D eigenvalue weighted by atomic mass is 10.1. The molecule has 0 aliphatic carbocycles. The molecule has 1 aromatic heterocycles. The Hall–Kier alpha value is -3.55. The molecule has 136 valence electrons. The van der Waals surface area contributed by atoms with Crippen molar-refractivity contribution in [2.24, 2.45) is 0 Å². The molecule has 0 unspecified atom stereocenters. The molecule has 0 aliphatic heterocycles. The SMILES string of the molecule is COc1ccc(/C=C(/NC(=O)c2ccco2)C(=O)N[C@@H](C)C(=O)O)cc1. The van der Waals surface area contributed by atoms with E-state index in [2.05, 4.69) is 10.6 Å². The predicted octanol–water partition coefficient (Wildman–Crippen LogP) is 1.65. The lowest BCUT2D eigenvalue weighted by Gasteiger charge is -2.13. The highest BCUT2D eigenvalue weighted by Gasteiger charge is 2.20. The molecule has 1 aromatic carbocycles. The van der Waals surface area contributed by atoms with Crippen molar-refractivity contribution in [3.05, 3.63) is 59.7 Å². The van der Waals surface area contributed by atoms with E-state index in [1.165, 1.54) is 38.5 Å². The lowest BCUT2D eigenvalue weighted by Crippen LogP contribution is -2.42. The molecule has 0 saturated carbocycles. The van der Waals surface area contributed by atoms with E-state index in [1.54, 1.807) is 24.3 Å². The van der Waals surface area contributed by atoms with Crippen LogP contribution in [0.2, 0.25) is 0 Å². The van der Waals surface area contributed by atoms with Gasteiger partial charge in [-0.15, -0.1) is 0 Å². The normalized spacial score (nSPS) is 12.2. The number of benzene rings is 1. The van der Waals surface area contributed by atoms with Gasteiger partial charge in [0.1, 0.15) is 17.5 Å². The Labute approximate surface area is 149 Å². The molecule has 0 fully saturated rings. The number of nitrogens with one attached hydrogen (secondary N) is 2. The van der Waals surface area contributed by atoms with Crippen molar-refractivity contribution in [2.75, 3.05) is 7.11 Å². The van der Waals surface area contributed by atoms with Gasteiger partial charge in [-0.2, -0.15) is 0 Å². The number of methoxy groups -OCH3 is 1. The summed E-state index contributed by atoms with van der Waals surface area (Å²) in [4.78, 5) is 35.5. The Morgan fingerprint density at radius 3 is 2.42 bits per heavy atom. The van der Waals surface area contributed by atoms with Crippen molar-refractivity contribution in [1.29, 1.82) is 0 Å². The molecule has 0 aliphatic rings. The van der Waals surface area contributed by atoms with E-state index in [0.29, 0.717) is 11.3 Å². The minimum atomic E-state index is -1.19. The van der Waals surface area contributed by atoms with E-state index in [-0.39, 0.29) is 11.5 Å². The summed E-state index contributed by atoms with van der Waals surface area (Å²) < 4.78 is 10.1. The van der Waals surface area contributed by atoms with E-state index in [1.807, 2.05) is 0 Å². The highest BCUT2D eigenvalue weighted by Crippen LogP contribution is 2.14. The van der Waals surface area contributed by atoms with Gasteiger partial charge in [-0.05, 0) is 42.8 Å². The van der Waals surface area contributed by atoms with Gasteiger partial charge in [-0.25, -0.2) is 0 Å². The third-order valence-corrected chi connectivity index (χ3v) is 3.38. The summed E-state index contributed by atoms with van der Waals surface area (Å²) in [5, 5.41) is 13.7. The Morgan fingerprint density at radius 1 is 1.19 bits per heavy atom. The minimum Gasteiger partial charge on any atom is -0.497 e. The second-order valence-corrected chi connectivity index (χ2v) is 5.30. The largest absolute Gasteiger partial charge is 0.497 e. The van der Waals surface area contributed by atoms with Crippen molar-refractivity contribution in [2.45, 2.75) is 13.0 Å². The summed E-state index contributed by atoms with van der Waals surface area (Å²) in [5.41, 5.74) is 0.489. The number of rotatable bonds is 7. The Kier molecular flexibility index (Phi) is 6.15. The second kappa shape index (κ2) is 8.52. The number of hydrogen-bond donors (Lipinski definition) is 3. The maximum atomic E-state index is 12.4. The first-order chi connectivity index (χ1) is 12.4. The van der Waals surface area contributed by atoms with E-state index in [0.717, 1.165) is 0 Å². The molecule has 0 bridgehead atoms. The maximum Gasteiger partial charge on any atom is 0.325 e. The average molecular weight is 358 g/mol. The lowest BCUT2D eigenvalue weighted by molar-refractivity contribution is -0.140. The Balaban J connectivity index is 2.27.